The summed E-state index contributed by atoms with van der Waals surface area (Å²) in [5.74, 6) is 1.14. The molecule has 0 bridgehead atoms. The largest absolute Gasteiger partial charge is 0.497 e. The van der Waals surface area contributed by atoms with Gasteiger partial charge in [0, 0.05) is 6.07 Å². The molecule has 0 aliphatic carbocycles. The van der Waals surface area contributed by atoms with E-state index in [0.717, 1.165) is 22.2 Å². The fraction of sp³-hybridized carbons (Fsp3) is 0.357. The number of benzene rings is 3. The average Bonchev–Trinajstić information content (AvgIpc) is 2.81. The number of nitrogens with zero attached hydrogens (tertiary/aromatic N) is 2. The van der Waals surface area contributed by atoms with E-state index in [-0.39, 0.29) is 11.8 Å². The summed E-state index contributed by atoms with van der Waals surface area (Å²) >= 11 is 0. The Bertz CT molecular complexity index is 1480. The van der Waals surface area contributed by atoms with Crippen molar-refractivity contribution in [2.24, 2.45) is 0 Å². The van der Waals surface area contributed by atoms with Crippen molar-refractivity contribution in [3.05, 3.63) is 65.2 Å². The van der Waals surface area contributed by atoms with E-state index >= 15 is 0 Å². The van der Waals surface area contributed by atoms with Gasteiger partial charge in [0.1, 0.15) is 5.75 Å². The Morgan fingerprint density at radius 1 is 0.714 bits per heavy atom. The van der Waals surface area contributed by atoms with Crippen molar-refractivity contribution in [3.8, 4) is 5.75 Å². The van der Waals surface area contributed by atoms with Crippen molar-refractivity contribution in [1.82, 2.24) is 9.97 Å². The summed E-state index contributed by atoms with van der Waals surface area (Å²) in [5.41, 5.74) is 6.02. The zero-order valence-electron chi connectivity index (χ0n) is 21.4. The van der Waals surface area contributed by atoms with E-state index in [2.05, 4.69) is 28.5 Å². The summed E-state index contributed by atoms with van der Waals surface area (Å²) < 4.78 is 35.7. The lowest BCUT2D eigenvalue weighted by Gasteiger charge is -2.23. The molecule has 0 fully saturated rings. The maximum absolute atomic E-state index is 13.8. The van der Waals surface area contributed by atoms with Crippen LogP contribution in [0.15, 0.2) is 53.4 Å². The van der Waals surface area contributed by atoms with E-state index in [0.29, 0.717) is 38.8 Å². The summed E-state index contributed by atoms with van der Waals surface area (Å²) in [6.07, 6.45) is 0. The van der Waals surface area contributed by atoms with Crippen molar-refractivity contribution < 1.29 is 13.2 Å². The number of methoxy groups -OCH3 is 1. The highest BCUT2D eigenvalue weighted by Crippen LogP contribution is 2.36. The third kappa shape index (κ3) is 4.96. The van der Waals surface area contributed by atoms with Crippen molar-refractivity contribution in [2.45, 2.75) is 64.2 Å². The van der Waals surface area contributed by atoms with Gasteiger partial charge in [0.2, 0.25) is 0 Å². The van der Waals surface area contributed by atoms with Gasteiger partial charge >= 0.3 is 0 Å². The van der Waals surface area contributed by atoms with Crippen LogP contribution < -0.4 is 9.46 Å². The van der Waals surface area contributed by atoms with Gasteiger partial charge in [-0.15, -0.1) is 0 Å². The van der Waals surface area contributed by atoms with Gasteiger partial charge in [-0.2, -0.15) is 0 Å². The molecule has 3 aromatic carbocycles. The Morgan fingerprint density at radius 2 is 1.26 bits per heavy atom. The number of anilines is 1. The Labute approximate surface area is 207 Å². The summed E-state index contributed by atoms with van der Waals surface area (Å²) in [6, 6.07) is 14.8. The van der Waals surface area contributed by atoms with Crippen LogP contribution in [0, 0.1) is 0 Å². The average molecular weight is 492 g/mol. The first kappa shape index (κ1) is 24.9. The molecule has 1 aromatic heterocycles. The normalized spacial score (nSPS) is 12.3. The Hall–Kier alpha value is -3.19. The SMILES string of the molecule is COc1ccc2nc3cc(NS(=O)(=O)c4c(C(C)C)cc(C(C)C)cc4C(C)C)ccc3nc2c1. The van der Waals surface area contributed by atoms with E-state index in [1.165, 1.54) is 0 Å². The highest BCUT2D eigenvalue weighted by Gasteiger charge is 2.27. The van der Waals surface area contributed by atoms with Crippen LogP contribution in [-0.2, 0) is 10.0 Å². The smallest absolute Gasteiger partial charge is 0.262 e. The van der Waals surface area contributed by atoms with Gasteiger partial charge in [0.05, 0.1) is 39.8 Å². The van der Waals surface area contributed by atoms with Gasteiger partial charge < -0.3 is 4.74 Å². The van der Waals surface area contributed by atoms with Crippen molar-refractivity contribution in [1.29, 1.82) is 0 Å². The predicted molar refractivity (Wildman–Crippen MR) is 143 cm³/mol. The maximum atomic E-state index is 13.8. The highest BCUT2D eigenvalue weighted by molar-refractivity contribution is 7.92. The third-order valence-corrected chi connectivity index (χ3v) is 7.75. The summed E-state index contributed by atoms with van der Waals surface area (Å²) in [6.45, 7) is 12.4. The van der Waals surface area contributed by atoms with E-state index in [1.807, 2.05) is 58.0 Å². The van der Waals surface area contributed by atoms with Gasteiger partial charge in [0.15, 0.2) is 0 Å². The zero-order chi connectivity index (χ0) is 25.5. The lowest BCUT2D eigenvalue weighted by molar-refractivity contribution is 0.415. The molecule has 184 valence electrons. The summed E-state index contributed by atoms with van der Waals surface area (Å²) in [4.78, 5) is 9.73. The number of hydrogen-bond acceptors (Lipinski definition) is 5. The summed E-state index contributed by atoms with van der Waals surface area (Å²) in [7, 11) is -2.23. The molecule has 0 atom stereocenters. The van der Waals surface area contributed by atoms with Gasteiger partial charge in [-0.3, -0.25) is 4.72 Å². The van der Waals surface area contributed by atoms with Gasteiger partial charge in [0.25, 0.3) is 10.0 Å². The van der Waals surface area contributed by atoms with Crippen LogP contribution in [0.5, 0.6) is 5.75 Å². The Balaban J connectivity index is 1.80. The molecule has 0 amide bonds. The lowest BCUT2D eigenvalue weighted by Crippen LogP contribution is -2.19. The number of hydrogen-bond donors (Lipinski definition) is 1. The third-order valence-electron chi connectivity index (χ3n) is 6.24. The number of nitrogens with one attached hydrogen (secondary N) is 1. The van der Waals surface area contributed by atoms with Crippen molar-refractivity contribution >= 4 is 37.8 Å². The molecule has 35 heavy (non-hydrogen) atoms. The summed E-state index contributed by atoms with van der Waals surface area (Å²) in [5, 5.41) is 0. The van der Waals surface area contributed by atoms with E-state index in [9.17, 15) is 8.42 Å². The number of ether oxygens (including phenoxy) is 1. The van der Waals surface area contributed by atoms with E-state index < -0.39 is 10.0 Å². The van der Waals surface area contributed by atoms with Crippen molar-refractivity contribution in [2.75, 3.05) is 11.8 Å². The minimum Gasteiger partial charge on any atom is -0.497 e. The molecule has 0 saturated heterocycles. The number of aromatic nitrogens is 2. The fourth-order valence-corrected chi connectivity index (χ4v) is 6.00. The maximum Gasteiger partial charge on any atom is 0.262 e. The quantitative estimate of drug-likeness (QED) is 0.283. The number of rotatable bonds is 7. The van der Waals surface area contributed by atoms with E-state index in [4.69, 9.17) is 4.74 Å². The monoisotopic (exact) mass is 491 g/mol. The number of sulfonamides is 1. The second kappa shape index (κ2) is 9.46. The van der Waals surface area contributed by atoms with Gasteiger partial charge in [-0.25, -0.2) is 18.4 Å². The molecule has 0 aliphatic rings. The first-order valence-corrected chi connectivity index (χ1v) is 13.4. The van der Waals surface area contributed by atoms with Crippen LogP contribution in [-0.4, -0.2) is 25.5 Å². The molecule has 1 N–H and O–H groups in total. The predicted octanol–water partition coefficient (Wildman–Crippen LogP) is 6.96. The molecular weight excluding hydrogens is 458 g/mol. The van der Waals surface area contributed by atoms with Crippen LogP contribution in [0.3, 0.4) is 0 Å². The molecule has 0 aliphatic heterocycles. The molecule has 0 radical (unpaired) electrons. The molecule has 1 heterocycles. The molecule has 4 rings (SSSR count). The van der Waals surface area contributed by atoms with Crippen LogP contribution in [0.2, 0.25) is 0 Å². The molecule has 4 aromatic rings. The zero-order valence-corrected chi connectivity index (χ0v) is 22.2. The standard InChI is InChI=1S/C28H33N3O3S/c1-16(2)19-12-22(17(3)4)28(23(13-19)18(5)6)35(32,33)31-20-8-10-24-26(14-20)29-25-11-9-21(34-7)15-27(25)30-24/h8-18,31H,1-7H3. The molecule has 7 heteroatoms. The second-order valence-corrected chi connectivity index (χ2v) is 11.5. The molecule has 0 saturated carbocycles. The van der Waals surface area contributed by atoms with Gasteiger partial charge in [-0.05, 0) is 64.8 Å². The van der Waals surface area contributed by atoms with Crippen LogP contribution in [0.25, 0.3) is 22.1 Å². The lowest BCUT2D eigenvalue weighted by atomic mass is 9.89. The second-order valence-electron chi connectivity index (χ2n) is 9.88. The molecule has 0 spiro atoms. The molecule has 6 nitrogen and oxygen atoms in total. The van der Waals surface area contributed by atoms with Crippen LogP contribution >= 0.6 is 0 Å². The highest BCUT2D eigenvalue weighted by atomic mass is 32.2. The topological polar surface area (TPSA) is 81.2 Å². The molecular formula is C28H33N3O3S. The Kier molecular flexibility index (Phi) is 6.73. The first-order chi connectivity index (χ1) is 16.5. The van der Waals surface area contributed by atoms with Crippen molar-refractivity contribution in [3.63, 3.8) is 0 Å². The fourth-order valence-electron chi connectivity index (χ4n) is 4.25. The van der Waals surface area contributed by atoms with Gasteiger partial charge in [-0.1, -0.05) is 53.7 Å². The van der Waals surface area contributed by atoms with Crippen LogP contribution in [0.4, 0.5) is 5.69 Å². The molecule has 0 unspecified atom stereocenters. The minimum atomic E-state index is -3.84. The van der Waals surface area contributed by atoms with E-state index in [1.54, 1.807) is 25.3 Å². The Morgan fingerprint density at radius 3 is 1.77 bits per heavy atom. The number of fused-ring (bicyclic) bond motifs is 2. The minimum absolute atomic E-state index is 0.0589. The first-order valence-electron chi connectivity index (χ1n) is 12.0. The van der Waals surface area contributed by atoms with Crippen LogP contribution in [0.1, 0.15) is 76.0 Å².